The zero-order valence-electron chi connectivity index (χ0n) is 11.7. The number of anilines is 1. The maximum atomic E-state index is 14.6. The maximum absolute atomic E-state index is 14.6. The Kier molecular flexibility index (Phi) is 3.25. The standard InChI is InChI=1S/C16H14FNO3/c1-20-13-8-7-10(9-14(13)21-2)18-15(17)11-5-3-4-6-12(11)16(18)19/h3-9,15H,1-2H3. The van der Waals surface area contributed by atoms with Gasteiger partial charge in [0.1, 0.15) is 0 Å². The lowest BCUT2D eigenvalue weighted by Crippen LogP contribution is -2.25. The quantitative estimate of drug-likeness (QED) is 0.813. The normalized spacial score (nSPS) is 16.8. The molecular weight excluding hydrogens is 273 g/mol. The van der Waals surface area contributed by atoms with E-state index in [9.17, 15) is 9.18 Å². The van der Waals surface area contributed by atoms with E-state index < -0.39 is 6.30 Å². The van der Waals surface area contributed by atoms with E-state index in [-0.39, 0.29) is 5.91 Å². The number of benzene rings is 2. The number of alkyl halides is 1. The molecule has 0 saturated heterocycles. The largest absolute Gasteiger partial charge is 0.493 e. The number of amides is 1. The number of methoxy groups -OCH3 is 2. The first-order valence-corrected chi connectivity index (χ1v) is 6.46. The average Bonchev–Trinajstić information content (AvgIpc) is 2.78. The minimum absolute atomic E-state index is 0.356. The van der Waals surface area contributed by atoms with Crippen molar-refractivity contribution in [1.82, 2.24) is 0 Å². The fourth-order valence-electron chi connectivity index (χ4n) is 2.49. The van der Waals surface area contributed by atoms with Crippen molar-refractivity contribution in [3.8, 4) is 11.5 Å². The van der Waals surface area contributed by atoms with Crippen molar-refractivity contribution in [3.05, 3.63) is 53.6 Å². The minimum Gasteiger partial charge on any atom is -0.493 e. The molecule has 2 aromatic carbocycles. The van der Waals surface area contributed by atoms with Crippen LogP contribution in [-0.2, 0) is 0 Å². The van der Waals surface area contributed by atoms with Crippen LogP contribution in [0.3, 0.4) is 0 Å². The van der Waals surface area contributed by atoms with Gasteiger partial charge in [-0.1, -0.05) is 18.2 Å². The van der Waals surface area contributed by atoms with E-state index in [1.165, 1.54) is 14.2 Å². The summed E-state index contributed by atoms with van der Waals surface area (Å²) in [4.78, 5) is 13.5. The van der Waals surface area contributed by atoms with Crippen LogP contribution in [-0.4, -0.2) is 20.1 Å². The number of hydrogen-bond donors (Lipinski definition) is 0. The van der Waals surface area contributed by atoms with Gasteiger partial charge in [-0.2, -0.15) is 0 Å². The fraction of sp³-hybridized carbons (Fsp3) is 0.188. The number of fused-ring (bicyclic) bond motifs is 1. The zero-order chi connectivity index (χ0) is 15.0. The third-order valence-electron chi connectivity index (χ3n) is 3.54. The number of carbonyl (C=O) groups is 1. The molecule has 0 radical (unpaired) electrons. The molecule has 0 aromatic heterocycles. The van der Waals surface area contributed by atoms with Crippen molar-refractivity contribution in [2.45, 2.75) is 6.30 Å². The predicted molar refractivity (Wildman–Crippen MR) is 76.6 cm³/mol. The Morgan fingerprint density at radius 1 is 1.05 bits per heavy atom. The van der Waals surface area contributed by atoms with Gasteiger partial charge in [0.05, 0.1) is 19.9 Å². The van der Waals surface area contributed by atoms with Crippen LogP contribution in [0.1, 0.15) is 22.2 Å². The third kappa shape index (κ3) is 2.01. The van der Waals surface area contributed by atoms with Crippen molar-refractivity contribution < 1.29 is 18.7 Å². The minimum atomic E-state index is -1.49. The molecule has 0 N–H and O–H groups in total. The molecule has 108 valence electrons. The van der Waals surface area contributed by atoms with Gasteiger partial charge in [-0.25, -0.2) is 4.39 Å². The molecule has 0 fully saturated rings. The summed E-state index contributed by atoms with van der Waals surface area (Å²) in [5, 5.41) is 0. The monoisotopic (exact) mass is 287 g/mol. The van der Waals surface area contributed by atoms with Gasteiger partial charge in [0.2, 0.25) is 6.30 Å². The van der Waals surface area contributed by atoms with E-state index in [2.05, 4.69) is 0 Å². The molecule has 1 heterocycles. The second kappa shape index (κ2) is 5.09. The van der Waals surface area contributed by atoms with Crippen LogP contribution >= 0.6 is 0 Å². The number of carbonyl (C=O) groups excluding carboxylic acids is 1. The second-order valence-corrected chi connectivity index (χ2v) is 4.64. The summed E-state index contributed by atoms with van der Waals surface area (Å²) in [6.45, 7) is 0. The van der Waals surface area contributed by atoms with E-state index in [0.717, 1.165) is 4.90 Å². The van der Waals surface area contributed by atoms with Gasteiger partial charge in [-0.05, 0) is 18.2 Å². The lowest BCUT2D eigenvalue weighted by atomic mass is 10.1. The molecule has 1 aliphatic rings. The first kappa shape index (κ1) is 13.4. The SMILES string of the molecule is COc1ccc(N2C(=O)c3ccccc3C2F)cc1OC. The Morgan fingerprint density at radius 2 is 1.76 bits per heavy atom. The highest BCUT2D eigenvalue weighted by atomic mass is 19.1. The second-order valence-electron chi connectivity index (χ2n) is 4.64. The van der Waals surface area contributed by atoms with Crippen LogP contribution in [0.5, 0.6) is 11.5 Å². The number of halogens is 1. The maximum Gasteiger partial charge on any atom is 0.261 e. The Labute approximate surface area is 121 Å². The number of hydrogen-bond acceptors (Lipinski definition) is 3. The Balaban J connectivity index is 2.05. The van der Waals surface area contributed by atoms with E-state index >= 15 is 0 Å². The third-order valence-corrected chi connectivity index (χ3v) is 3.54. The van der Waals surface area contributed by atoms with Gasteiger partial charge in [0.25, 0.3) is 5.91 Å². The Bertz CT molecular complexity index is 702. The summed E-state index contributed by atoms with van der Waals surface area (Å²) in [6.07, 6.45) is -1.49. The lowest BCUT2D eigenvalue weighted by Gasteiger charge is -2.20. The number of rotatable bonds is 3. The molecule has 0 spiro atoms. The summed E-state index contributed by atoms with van der Waals surface area (Å²) in [6, 6.07) is 11.6. The molecule has 1 atom stereocenters. The molecule has 1 amide bonds. The van der Waals surface area contributed by atoms with Crippen molar-refractivity contribution in [2.24, 2.45) is 0 Å². The first-order chi connectivity index (χ1) is 10.2. The summed E-state index contributed by atoms with van der Waals surface area (Å²) >= 11 is 0. The molecule has 21 heavy (non-hydrogen) atoms. The molecule has 1 aliphatic heterocycles. The van der Waals surface area contributed by atoms with Crippen LogP contribution in [0.25, 0.3) is 0 Å². The molecule has 0 saturated carbocycles. The van der Waals surface area contributed by atoms with Crippen LogP contribution in [0.2, 0.25) is 0 Å². The Morgan fingerprint density at radius 3 is 2.43 bits per heavy atom. The summed E-state index contributed by atoms with van der Waals surface area (Å²) < 4.78 is 24.9. The van der Waals surface area contributed by atoms with Crippen molar-refractivity contribution in [2.75, 3.05) is 19.1 Å². The van der Waals surface area contributed by atoms with Gasteiger partial charge in [-0.3, -0.25) is 9.69 Å². The van der Waals surface area contributed by atoms with E-state index in [1.807, 2.05) is 0 Å². The van der Waals surface area contributed by atoms with Gasteiger partial charge < -0.3 is 9.47 Å². The zero-order valence-corrected chi connectivity index (χ0v) is 11.7. The van der Waals surface area contributed by atoms with E-state index in [1.54, 1.807) is 42.5 Å². The van der Waals surface area contributed by atoms with Crippen LogP contribution < -0.4 is 14.4 Å². The smallest absolute Gasteiger partial charge is 0.261 e. The van der Waals surface area contributed by atoms with Crippen LogP contribution in [0, 0.1) is 0 Å². The molecule has 1 unspecified atom stereocenters. The molecule has 2 aromatic rings. The van der Waals surface area contributed by atoms with Gasteiger partial charge in [-0.15, -0.1) is 0 Å². The highest BCUT2D eigenvalue weighted by Crippen LogP contribution is 2.41. The molecule has 5 heteroatoms. The van der Waals surface area contributed by atoms with Crippen molar-refractivity contribution in [1.29, 1.82) is 0 Å². The lowest BCUT2D eigenvalue weighted by molar-refractivity contribution is 0.0975. The predicted octanol–water partition coefficient (Wildman–Crippen LogP) is 3.33. The highest BCUT2D eigenvalue weighted by molar-refractivity contribution is 6.10. The fourth-order valence-corrected chi connectivity index (χ4v) is 2.49. The van der Waals surface area contributed by atoms with Gasteiger partial charge in [0.15, 0.2) is 11.5 Å². The summed E-state index contributed by atoms with van der Waals surface area (Å²) in [5.74, 6) is 0.622. The van der Waals surface area contributed by atoms with E-state index in [0.29, 0.717) is 28.3 Å². The molecule has 0 bridgehead atoms. The van der Waals surface area contributed by atoms with Crippen molar-refractivity contribution >= 4 is 11.6 Å². The molecule has 0 aliphatic carbocycles. The number of ether oxygens (including phenoxy) is 2. The first-order valence-electron chi connectivity index (χ1n) is 6.46. The average molecular weight is 287 g/mol. The van der Waals surface area contributed by atoms with E-state index in [4.69, 9.17) is 9.47 Å². The van der Waals surface area contributed by atoms with Crippen LogP contribution in [0.15, 0.2) is 42.5 Å². The number of nitrogens with zero attached hydrogens (tertiary/aromatic N) is 1. The highest BCUT2D eigenvalue weighted by Gasteiger charge is 2.37. The van der Waals surface area contributed by atoms with Crippen molar-refractivity contribution in [3.63, 3.8) is 0 Å². The summed E-state index contributed by atoms with van der Waals surface area (Å²) in [5.41, 5.74) is 1.21. The van der Waals surface area contributed by atoms with Crippen LogP contribution in [0.4, 0.5) is 10.1 Å². The van der Waals surface area contributed by atoms with Gasteiger partial charge >= 0.3 is 0 Å². The Hall–Kier alpha value is -2.56. The van der Waals surface area contributed by atoms with Gasteiger partial charge in [0, 0.05) is 17.2 Å². The topological polar surface area (TPSA) is 38.8 Å². The summed E-state index contributed by atoms with van der Waals surface area (Å²) in [7, 11) is 3.02. The molecule has 3 rings (SSSR count). The molecule has 4 nitrogen and oxygen atoms in total. The molecular formula is C16H14FNO3.